The average Bonchev–Trinajstić information content (AvgIpc) is 2.85. The van der Waals surface area contributed by atoms with Crippen LogP contribution >= 0.6 is 11.3 Å². The molecule has 0 bridgehead atoms. The largest absolute Gasteiger partial charge is 0.394 e. The Morgan fingerprint density at radius 3 is 2.91 bits per heavy atom. The fourth-order valence-electron chi connectivity index (χ4n) is 2.54. The maximum atomic E-state index is 12.6. The van der Waals surface area contributed by atoms with Crippen LogP contribution in [0.5, 0.6) is 0 Å². The highest BCUT2D eigenvalue weighted by molar-refractivity contribution is 7.25. The van der Waals surface area contributed by atoms with Crippen molar-refractivity contribution in [3.05, 3.63) is 34.0 Å². The maximum absolute atomic E-state index is 12.6. The van der Waals surface area contributed by atoms with Crippen LogP contribution in [0.2, 0.25) is 0 Å². The van der Waals surface area contributed by atoms with Crippen LogP contribution in [0.3, 0.4) is 0 Å². The molecule has 22 heavy (non-hydrogen) atoms. The van der Waals surface area contributed by atoms with Crippen molar-refractivity contribution >= 4 is 31.8 Å². The quantitative estimate of drug-likeness (QED) is 0.758. The van der Waals surface area contributed by atoms with Gasteiger partial charge in [-0.05, 0) is 31.9 Å². The van der Waals surface area contributed by atoms with E-state index in [1.165, 1.54) is 22.2 Å². The molecule has 0 aromatic carbocycles. The van der Waals surface area contributed by atoms with E-state index in [2.05, 4.69) is 9.97 Å². The van der Waals surface area contributed by atoms with Gasteiger partial charge in [0.05, 0.1) is 24.6 Å². The van der Waals surface area contributed by atoms with Gasteiger partial charge in [-0.1, -0.05) is 0 Å². The third kappa shape index (κ3) is 2.51. The van der Waals surface area contributed by atoms with Gasteiger partial charge in [0.25, 0.3) is 5.56 Å². The first-order chi connectivity index (χ1) is 10.5. The van der Waals surface area contributed by atoms with Crippen molar-refractivity contribution in [3.8, 4) is 0 Å². The van der Waals surface area contributed by atoms with Gasteiger partial charge in [-0.25, -0.2) is 9.97 Å². The van der Waals surface area contributed by atoms with E-state index in [0.717, 1.165) is 21.5 Å². The Kier molecular flexibility index (Phi) is 3.94. The molecule has 2 N–H and O–H groups in total. The number of aromatic nitrogens is 3. The molecule has 0 spiro atoms. The Morgan fingerprint density at radius 2 is 2.18 bits per heavy atom. The van der Waals surface area contributed by atoms with Gasteiger partial charge in [0.2, 0.25) is 0 Å². The smallest absolute Gasteiger partial charge is 0.271 e. The van der Waals surface area contributed by atoms with Gasteiger partial charge < -0.3 is 10.2 Å². The molecule has 0 unspecified atom stereocenters. The van der Waals surface area contributed by atoms with Crippen molar-refractivity contribution in [1.29, 1.82) is 0 Å². The number of aryl methyl sites for hydroxylation is 3. The number of aliphatic hydroxyl groups is 2. The molecular formula is C15H17N3O3S. The number of pyridine rings is 1. The van der Waals surface area contributed by atoms with E-state index in [4.69, 9.17) is 5.11 Å². The van der Waals surface area contributed by atoms with E-state index >= 15 is 0 Å². The van der Waals surface area contributed by atoms with Crippen molar-refractivity contribution in [2.45, 2.75) is 32.9 Å². The van der Waals surface area contributed by atoms with Gasteiger partial charge in [0.15, 0.2) is 0 Å². The molecule has 0 saturated carbocycles. The molecular weight excluding hydrogens is 302 g/mol. The third-order valence-electron chi connectivity index (χ3n) is 3.66. The van der Waals surface area contributed by atoms with Gasteiger partial charge in [-0.15, -0.1) is 11.3 Å². The summed E-state index contributed by atoms with van der Waals surface area (Å²) in [4.78, 5) is 22.3. The number of hydrogen-bond donors (Lipinski definition) is 2. The Hall–Kier alpha value is -1.83. The summed E-state index contributed by atoms with van der Waals surface area (Å²) in [6.45, 7) is 3.94. The standard InChI is InChI=1S/C15H17N3O3S/c1-8-5-9(2)17-14-11(8)12-13(22-14)15(21)18(7-16-12)4-3-10(20)6-19/h5,7,10,19-20H,3-4,6H2,1-2H3/t10-/m0/s1. The molecule has 0 aliphatic rings. The van der Waals surface area contributed by atoms with Crippen molar-refractivity contribution in [2.24, 2.45) is 0 Å². The number of rotatable bonds is 4. The highest BCUT2D eigenvalue weighted by Crippen LogP contribution is 2.31. The zero-order chi connectivity index (χ0) is 15.9. The van der Waals surface area contributed by atoms with E-state index in [1.54, 1.807) is 0 Å². The molecule has 0 aliphatic heterocycles. The van der Waals surface area contributed by atoms with E-state index in [0.29, 0.717) is 23.2 Å². The zero-order valence-electron chi connectivity index (χ0n) is 12.4. The third-order valence-corrected chi connectivity index (χ3v) is 4.72. The Morgan fingerprint density at radius 1 is 1.41 bits per heavy atom. The molecule has 0 saturated heterocycles. The molecule has 6 nitrogen and oxygen atoms in total. The molecule has 0 amide bonds. The van der Waals surface area contributed by atoms with Crippen molar-refractivity contribution in [3.63, 3.8) is 0 Å². The lowest BCUT2D eigenvalue weighted by molar-refractivity contribution is 0.0844. The summed E-state index contributed by atoms with van der Waals surface area (Å²) < 4.78 is 2.05. The lowest BCUT2D eigenvalue weighted by atomic mass is 10.1. The Bertz CT molecular complexity index is 900. The molecule has 0 fully saturated rings. The lowest BCUT2D eigenvalue weighted by Gasteiger charge is -2.08. The van der Waals surface area contributed by atoms with Crippen LogP contribution in [0, 0.1) is 13.8 Å². The topological polar surface area (TPSA) is 88.2 Å². The van der Waals surface area contributed by atoms with Crippen LogP contribution in [-0.4, -0.2) is 37.5 Å². The average molecular weight is 319 g/mol. The fourth-order valence-corrected chi connectivity index (χ4v) is 3.74. The molecule has 0 radical (unpaired) electrons. The molecule has 3 rings (SSSR count). The minimum Gasteiger partial charge on any atom is -0.394 e. The molecule has 3 aromatic heterocycles. The summed E-state index contributed by atoms with van der Waals surface area (Å²) in [6.07, 6.45) is 0.988. The summed E-state index contributed by atoms with van der Waals surface area (Å²) in [5.41, 5.74) is 2.54. The fraction of sp³-hybridized carbons (Fsp3) is 0.400. The maximum Gasteiger partial charge on any atom is 0.271 e. The first-order valence-electron chi connectivity index (χ1n) is 7.06. The molecule has 3 aromatic rings. The summed E-state index contributed by atoms with van der Waals surface area (Å²) >= 11 is 1.35. The SMILES string of the molecule is Cc1cc(C)c2c(n1)sc1c(=O)n(CC[C@H](O)CO)cnc12. The highest BCUT2D eigenvalue weighted by Gasteiger charge is 2.15. The van der Waals surface area contributed by atoms with Gasteiger partial charge in [-0.2, -0.15) is 0 Å². The Balaban J connectivity index is 2.13. The van der Waals surface area contributed by atoms with E-state index in [-0.39, 0.29) is 12.2 Å². The van der Waals surface area contributed by atoms with Crippen LogP contribution in [0.4, 0.5) is 0 Å². The van der Waals surface area contributed by atoms with Crippen LogP contribution in [0.15, 0.2) is 17.2 Å². The number of nitrogens with zero attached hydrogens (tertiary/aromatic N) is 3. The summed E-state index contributed by atoms with van der Waals surface area (Å²) in [6, 6.07) is 1.99. The first-order valence-corrected chi connectivity index (χ1v) is 7.87. The number of fused-ring (bicyclic) bond motifs is 3. The molecule has 1 atom stereocenters. The molecule has 7 heteroatoms. The number of hydrogen-bond acceptors (Lipinski definition) is 6. The Labute approximate surface area is 130 Å². The first kappa shape index (κ1) is 15.1. The summed E-state index contributed by atoms with van der Waals surface area (Å²) in [5, 5.41) is 19.2. The van der Waals surface area contributed by atoms with Crippen LogP contribution in [0.25, 0.3) is 20.4 Å². The monoisotopic (exact) mass is 319 g/mol. The zero-order valence-corrected chi connectivity index (χ0v) is 13.2. The second-order valence-corrected chi connectivity index (χ2v) is 6.41. The molecule has 3 heterocycles. The normalized spacial score (nSPS) is 13.1. The minimum absolute atomic E-state index is 0.129. The highest BCUT2D eigenvalue weighted by atomic mass is 32.1. The molecule has 116 valence electrons. The van der Waals surface area contributed by atoms with Gasteiger partial charge in [0.1, 0.15) is 9.53 Å². The number of thiophene rings is 1. The van der Waals surface area contributed by atoms with E-state index in [1.807, 2.05) is 19.9 Å². The molecule has 0 aliphatic carbocycles. The van der Waals surface area contributed by atoms with Gasteiger partial charge in [0, 0.05) is 17.6 Å². The van der Waals surface area contributed by atoms with Crippen molar-refractivity contribution in [2.75, 3.05) is 6.61 Å². The lowest BCUT2D eigenvalue weighted by Crippen LogP contribution is -2.23. The van der Waals surface area contributed by atoms with Gasteiger partial charge in [-0.3, -0.25) is 9.36 Å². The summed E-state index contributed by atoms with van der Waals surface area (Å²) in [5.74, 6) is 0. The predicted octanol–water partition coefficient (Wildman–Crippen LogP) is 1.37. The van der Waals surface area contributed by atoms with Crippen molar-refractivity contribution < 1.29 is 10.2 Å². The van der Waals surface area contributed by atoms with Crippen LogP contribution < -0.4 is 5.56 Å². The van der Waals surface area contributed by atoms with Crippen molar-refractivity contribution in [1.82, 2.24) is 14.5 Å². The van der Waals surface area contributed by atoms with Gasteiger partial charge >= 0.3 is 0 Å². The minimum atomic E-state index is -0.823. The van der Waals surface area contributed by atoms with E-state index in [9.17, 15) is 9.90 Å². The predicted molar refractivity (Wildman–Crippen MR) is 86.4 cm³/mol. The second kappa shape index (κ2) is 5.75. The van der Waals surface area contributed by atoms with E-state index < -0.39 is 6.10 Å². The van der Waals surface area contributed by atoms with Crippen LogP contribution in [0.1, 0.15) is 17.7 Å². The van der Waals surface area contributed by atoms with Crippen LogP contribution in [-0.2, 0) is 6.54 Å². The second-order valence-electron chi connectivity index (χ2n) is 5.41. The summed E-state index contributed by atoms with van der Waals surface area (Å²) in [7, 11) is 0. The number of aliphatic hydroxyl groups excluding tert-OH is 2.